The summed E-state index contributed by atoms with van der Waals surface area (Å²) < 4.78 is 15.2. The van der Waals surface area contributed by atoms with Crippen LogP contribution < -0.4 is 10.9 Å². The molecule has 4 heterocycles. The van der Waals surface area contributed by atoms with Gasteiger partial charge in [-0.1, -0.05) is 12.1 Å². The Morgan fingerprint density at radius 1 is 1.20 bits per heavy atom. The Balaban J connectivity index is 1.69. The minimum atomic E-state index is -0.345. The molecule has 0 aliphatic rings. The number of H-pyrrole nitrogens is 1. The zero-order valence-corrected chi connectivity index (χ0v) is 17.0. The molecule has 30 heavy (non-hydrogen) atoms. The lowest BCUT2D eigenvalue weighted by atomic mass is 9.97. The number of aromatic amines is 1. The minimum Gasteiger partial charge on any atom is -0.362 e. The predicted octanol–water partition coefficient (Wildman–Crippen LogP) is 4.31. The number of pyridine rings is 1. The van der Waals surface area contributed by atoms with E-state index in [1.54, 1.807) is 22.9 Å². The van der Waals surface area contributed by atoms with Crippen molar-refractivity contribution in [3.8, 4) is 11.1 Å². The third-order valence-electron chi connectivity index (χ3n) is 5.08. The van der Waals surface area contributed by atoms with Crippen LogP contribution in [0.5, 0.6) is 0 Å². The van der Waals surface area contributed by atoms with Crippen LogP contribution in [0, 0.1) is 12.7 Å². The maximum absolute atomic E-state index is 13.5. The van der Waals surface area contributed by atoms with Crippen LogP contribution >= 0.6 is 11.3 Å². The van der Waals surface area contributed by atoms with Crippen LogP contribution in [-0.2, 0) is 0 Å². The molecule has 0 fully saturated rings. The average molecular weight is 420 g/mol. The van der Waals surface area contributed by atoms with Crippen LogP contribution in [0.1, 0.15) is 24.2 Å². The molecule has 1 unspecified atom stereocenters. The number of hydrogen-bond acceptors (Lipinski definition) is 6. The highest BCUT2D eigenvalue weighted by Crippen LogP contribution is 2.31. The van der Waals surface area contributed by atoms with E-state index >= 15 is 0 Å². The minimum absolute atomic E-state index is 0.129. The molecule has 0 aliphatic heterocycles. The summed E-state index contributed by atoms with van der Waals surface area (Å²) in [5.74, 6) is 0.250. The molecule has 0 radical (unpaired) electrons. The molecule has 0 spiro atoms. The first-order chi connectivity index (χ1) is 14.5. The molecule has 5 aromatic rings. The Bertz CT molecular complexity index is 1440. The molecule has 7 nitrogen and oxygen atoms in total. The summed E-state index contributed by atoms with van der Waals surface area (Å²) in [5, 5.41) is 5.32. The van der Waals surface area contributed by atoms with Crippen molar-refractivity contribution in [2.24, 2.45) is 0 Å². The molecule has 0 bridgehead atoms. The van der Waals surface area contributed by atoms with Crippen LogP contribution in [0.2, 0.25) is 0 Å². The molecule has 2 N–H and O–H groups in total. The normalized spacial score (nSPS) is 12.5. The molecule has 0 aliphatic carbocycles. The second kappa shape index (κ2) is 7.03. The van der Waals surface area contributed by atoms with Gasteiger partial charge in [-0.3, -0.25) is 9.20 Å². The second-order valence-electron chi connectivity index (χ2n) is 7.03. The molecule has 5 rings (SSSR count). The predicted molar refractivity (Wildman–Crippen MR) is 115 cm³/mol. The molecule has 0 amide bonds. The van der Waals surface area contributed by atoms with Crippen molar-refractivity contribution in [2.75, 3.05) is 5.32 Å². The van der Waals surface area contributed by atoms with E-state index in [0.29, 0.717) is 28.1 Å². The van der Waals surface area contributed by atoms with Crippen LogP contribution in [0.15, 0.2) is 53.2 Å². The first kappa shape index (κ1) is 18.4. The number of anilines is 1. The van der Waals surface area contributed by atoms with Gasteiger partial charge in [0.15, 0.2) is 11.5 Å². The van der Waals surface area contributed by atoms with E-state index in [-0.39, 0.29) is 17.4 Å². The number of rotatable bonds is 4. The molecule has 1 atom stereocenters. The van der Waals surface area contributed by atoms with Gasteiger partial charge in [0.05, 0.1) is 17.9 Å². The van der Waals surface area contributed by atoms with Crippen molar-refractivity contribution in [2.45, 2.75) is 19.9 Å². The first-order valence-corrected chi connectivity index (χ1v) is 10.2. The van der Waals surface area contributed by atoms with Gasteiger partial charge in [-0.05, 0) is 43.2 Å². The van der Waals surface area contributed by atoms with Gasteiger partial charge in [0, 0.05) is 11.1 Å². The van der Waals surface area contributed by atoms with Crippen molar-refractivity contribution in [1.82, 2.24) is 24.3 Å². The van der Waals surface area contributed by atoms with E-state index in [1.165, 1.54) is 29.8 Å². The molecule has 0 saturated carbocycles. The van der Waals surface area contributed by atoms with Crippen molar-refractivity contribution in [3.05, 3.63) is 75.8 Å². The highest BCUT2D eigenvalue weighted by molar-refractivity contribution is 7.15. The number of fused-ring (bicyclic) bond motifs is 2. The molecular weight excluding hydrogens is 403 g/mol. The van der Waals surface area contributed by atoms with E-state index in [0.717, 1.165) is 16.1 Å². The quantitative estimate of drug-likeness (QED) is 0.452. The Morgan fingerprint density at radius 2 is 2.00 bits per heavy atom. The summed E-state index contributed by atoms with van der Waals surface area (Å²) >= 11 is 1.51. The monoisotopic (exact) mass is 420 g/mol. The van der Waals surface area contributed by atoms with Crippen LogP contribution in [0.3, 0.4) is 0 Å². The maximum atomic E-state index is 13.5. The summed E-state index contributed by atoms with van der Waals surface area (Å²) in [6.07, 6.45) is 3.01. The van der Waals surface area contributed by atoms with E-state index in [2.05, 4.69) is 25.3 Å². The van der Waals surface area contributed by atoms with Crippen molar-refractivity contribution < 1.29 is 4.39 Å². The van der Waals surface area contributed by atoms with Crippen LogP contribution in [-0.4, -0.2) is 24.3 Å². The average Bonchev–Trinajstić information content (AvgIpc) is 3.36. The van der Waals surface area contributed by atoms with Gasteiger partial charge in [-0.15, -0.1) is 11.3 Å². The van der Waals surface area contributed by atoms with Gasteiger partial charge in [-0.2, -0.15) is 0 Å². The summed E-state index contributed by atoms with van der Waals surface area (Å²) in [6.45, 7) is 3.86. The van der Waals surface area contributed by atoms with Gasteiger partial charge >= 0.3 is 0 Å². The lowest BCUT2D eigenvalue weighted by Crippen LogP contribution is -2.21. The summed E-state index contributed by atoms with van der Waals surface area (Å²) in [7, 11) is 0. The van der Waals surface area contributed by atoms with E-state index in [1.807, 2.05) is 25.3 Å². The number of benzene rings is 1. The van der Waals surface area contributed by atoms with Crippen LogP contribution in [0.25, 0.3) is 27.1 Å². The summed E-state index contributed by atoms with van der Waals surface area (Å²) in [6, 6.07) is 7.74. The number of nitrogens with zero attached hydrogens (tertiary/aromatic N) is 4. The standard InChI is InChI=1S/C21H17FN6OS/c1-11-8-30-16-7-15(12(2)27-20-18-19(24-9-23-18)25-10-26-20)17(21(29)28(11)16)13-3-5-14(22)6-4-13/h3-10,12H,1-2H3,(H2,23,24,25,26,27). The van der Waals surface area contributed by atoms with Gasteiger partial charge < -0.3 is 10.3 Å². The van der Waals surface area contributed by atoms with Gasteiger partial charge in [0.25, 0.3) is 5.56 Å². The molecule has 9 heteroatoms. The lowest BCUT2D eigenvalue weighted by Gasteiger charge is -2.19. The summed E-state index contributed by atoms with van der Waals surface area (Å²) in [5.41, 5.74) is 3.99. The van der Waals surface area contributed by atoms with E-state index < -0.39 is 0 Å². The highest BCUT2D eigenvalue weighted by atomic mass is 32.1. The van der Waals surface area contributed by atoms with Gasteiger partial charge in [0.2, 0.25) is 0 Å². The Morgan fingerprint density at radius 3 is 2.80 bits per heavy atom. The van der Waals surface area contributed by atoms with Crippen molar-refractivity contribution in [3.63, 3.8) is 0 Å². The first-order valence-electron chi connectivity index (χ1n) is 9.33. The second-order valence-corrected chi connectivity index (χ2v) is 7.92. The molecular formula is C21H17FN6OS. The largest absolute Gasteiger partial charge is 0.362 e. The summed E-state index contributed by atoms with van der Waals surface area (Å²) in [4.78, 5) is 29.9. The molecule has 0 saturated heterocycles. The van der Waals surface area contributed by atoms with Crippen molar-refractivity contribution >= 4 is 33.1 Å². The number of aromatic nitrogens is 5. The number of nitrogens with one attached hydrogen (secondary N) is 2. The van der Waals surface area contributed by atoms with Crippen molar-refractivity contribution in [1.29, 1.82) is 0 Å². The fourth-order valence-electron chi connectivity index (χ4n) is 3.63. The number of imidazole rings is 1. The number of halogens is 1. The zero-order chi connectivity index (χ0) is 20.8. The zero-order valence-electron chi connectivity index (χ0n) is 16.2. The van der Waals surface area contributed by atoms with Crippen LogP contribution in [0.4, 0.5) is 10.2 Å². The Labute approximate surface area is 174 Å². The Hall–Kier alpha value is -3.59. The fraction of sp³-hybridized carbons (Fsp3) is 0.143. The number of aryl methyl sites for hydroxylation is 1. The van der Waals surface area contributed by atoms with Gasteiger partial charge in [0.1, 0.15) is 22.5 Å². The van der Waals surface area contributed by atoms with Gasteiger partial charge in [-0.25, -0.2) is 19.3 Å². The topological polar surface area (TPSA) is 88.0 Å². The lowest BCUT2D eigenvalue weighted by molar-refractivity contribution is 0.628. The molecule has 150 valence electrons. The number of hydrogen-bond donors (Lipinski definition) is 2. The molecule has 4 aromatic heterocycles. The highest BCUT2D eigenvalue weighted by Gasteiger charge is 2.20. The fourth-order valence-corrected chi connectivity index (χ4v) is 4.55. The van der Waals surface area contributed by atoms with E-state index in [9.17, 15) is 9.18 Å². The maximum Gasteiger partial charge on any atom is 0.264 e. The SMILES string of the molecule is Cc1csc2cc(C(C)Nc3ncnc4nc[nH]c34)c(-c3ccc(F)cc3)c(=O)n12. The third-order valence-corrected chi connectivity index (χ3v) is 6.08. The van der Waals surface area contributed by atoms with E-state index in [4.69, 9.17) is 0 Å². The third kappa shape index (κ3) is 2.94. The number of thiazole rings is 1. The Kier molecular flexibility index (Phi) is 4.32. The molecule has 1 aromatic carbocycles. The smallest absolute Gasteiger partial charge is 0.264 e.